The van der Waals surface area contributed by atoms with Gasteiger partial charge in [0.2, 0.25) is 0 Å². The summed E-state index contributed by atoms with van der Waals surface area (Å²) in [6.07, 6.45) is 16.0. The second-order valence-corrected chi connectivity index (χ2v) is 20.6. The molecular weight excluding hydrogens is 601 g/mol. The molecule has 0 saturated heterocycles. The first kappa shape index (κ1) is 40.9. The predicted molar refractivity (Wildman–Crippen MR) is 208 cm³/mol. The van der Waals surface area contributed by atoms with Gasteiger partial charge in [-0.25, -0.2) is 0 Å². The standard InChI is InChI=1S/C42H70O2S2/c1-14-15-16-17-18-19-20-21-22-23-24-25-36(45-30-26-32(39(2,3)4)37(43)33(27-30)40(5,6)7)46-31-28-34(41(8,9)10)38(44)35(29-31)42(11,12)13/h26-29,36,43-44H,14-25H2,1-13H3. The van der Waals surface area contributed by atoms with Gasteiger partial charge in [0.15, 0.2) is 0 Å². The minimum absolute atomic E-state index is 0.153. The Kier molecular flexibility index (Phi) is 15.5. The van der Waals surface area contributed by atoms with Crippen LogP contribution in [0.25, 0.3) is 0 Å². The molecule has 0 saturated carbocycles. The highest BCUT2D eigenvalue weighted by atomic mass is 32.2. The van der Waals surface area contributed by atoms with Crippen LogP contribution < -0.4 is 0 Å². The lowest BCUT2D eigenvalue weighted by Gasteiger charge is -2.29. The first-order valence-electron chi connectivity index (χ1n) is 18.3. The number of phenolic OH excluding ortho intramolecular Hbond substituents is 2. The topological polar surface area (TPSA) is 40.5 Å². The first-order valence-corrected chi connectivity index (χ1v) is 20.0. The maximum absolute atomic E-state index is 11.4. The zero-order valence-corrected chi connectivity index (χ0v) is 33.7. The molecular formula is C42H70O2S2. The third-order valence-corrected chi connectivity index (χ3v) is 11.6. The summed E-state index contributed by atoms with van der Waals surface area (Å²) in [5.41, 5.74) is 3.48. The maximum Gasteiger partial charge on any atom is 0.123 e. The van der Waals surface area contributed by atoms with E-state index in [2.05, 4.69) is 114 Å². The lowest BCUT2D eigenvalue weighted by atomic mass is 9.79. The van der Waals surface area contributed by atoms with E-state index in [9.17, 15) is 10.2 Å². The predicted octanol–water partition coefficient (Wildman–Crippen LogP) is 14.2. The number of rotatable bonds is 16. The van der Waals surface area contributed by atoms with Gasteiger partial charge in [-0.3, -0.25) is 0 Å². The largest absolute Gasteiger partial charge is 0.507 e. The van der Waals surface area contributed by atoms with E-state index in [1.165, 1.54) is 80.4 Å². The molecule has 2 aromatic carbocycles. The molecule has 2 nitrogen and oxygen atoms in total. The summed E-state index contributed by atoms with van der Waals surface area (Å²) < 4.78 is 0.328. The fraction of sp³-hybridized carbons (Fsp3) is 0.714. The van der Waals surface area contributed by atoms with Gasteiger partial charge in [0.1, 0.15) is 11.5 Å². The molecule has 0 atom stereocenters. The summed E-state index contributed by atoms with van der Waals surface area (Å²) in [4.78, 5) is 2.47. The van der Waals surface area contributed by atoms with Crippen molar-refractivity contribution in [3.8, 4) is 11.5 Å². The Labute approximate surface area is 293 Å². The molecule has 2 aromatic rings. The molecule has 0 bridgehead atoms. The Morgan fingerprint density at radius 3 is 0.978 bits per heavy atom. The van der Waals surface area contributed by atoms with Gasteiger partial charge in [-0.05, 0) is 52.3 Å². The molecule has 2 N–H and O–H groups in total. The number of hydrogen-bond donors (Lipinski definition) is 2. The zero-order valence-electron chi connectivity index (χ0n) is 32.1. The lowest BCUT2D eigenvalue weighted by Crippen LogP contribution is -2.18. The van der Waals surface area contributed by atoms with Crippen molar-refractivity contribution < 1.29 is 10.2 Å². The molecule has 4 heteroatoms. The number of phenols is 2. The van der Waals surface area contributed by atoms with Crippen LogP contribution in [0.5, 0.6) is 11.5 Å². The minimum Gasteiger partial charge on any atom is -0.507 e. The molecule has 0 aliphatic carbocycles. The molecule has 0 radical (unpaired) electrons. The Bertz CT molecular complexity index is 1060. The van der Waals surface area contributed by atoms with E-state index in [1.807, 2.05) is 23.5 Å². The molecule has 0 amide bonds. The van der Waals surface area contributed by atoms with Gasteiger partial charge >= 0.3 is 0 Å². The van der Waals surface area contributed by atoms with E-state index in [1.54, 1.807) is 0 Å². The summed E-state index contributed by atoms with van der Waals surface area (Å²) in [6, 6.07) is 8.95. The van der Waals surface area contributed by atoms with Gasteiger partial charge in [-0.2, -0.15) is 0 Å². The molecule has 262 valence electrons. The fourth-order valence-electron chi connectivity index (χ4n) is 6.06. The zero-order chi connectivity index (χ0) is 34.9. The normalized spacial score (nSPS) is 13.2. The van der Waals surface area contributed by atoms with Gasteiger partial charge in [0.05, 0.1) is 4.58 Å². The van der Waals surface area contributed by atoms with Crippen LogP contribution in [-0.4, -0.2) is 14.8 Å². The summed E-state index contributed by atoms with van der Waals surface area (Å²) in [7, 11) is 0. The monoisotopic (exact) mass is 670 g/mol. The number of thioether (sulfide) groups is 2. The Morgan fingerprint density at radius 2 is 0.717 bits per heavy atom. The Balaban J connectivity index is 2.35. The van der Waals surface area contributed by atoms with Crippen LogP contribution in [0.2, 0.25) is 0 Å². The lowest BCUT2D eigenvalue weighted by molar-refractivity contribution is 0.421. The third-order valence-electron chi connectivity index (χ3n) is 8.98. The highest BCUT2D eigenvalue weighted by Crippen LogP contribution is 2.48. The van der Waals surface area contributed by atoms with Gasteiger partial charge in [-0.1, -0.05) is 161 Å². The van der Waals surface area contributed by atoms with Crippen LogP contribution >= 0.6 is 23.5 Å². The van der Waals surface area contributed by atoms with E-state index >= 15 is 0 Å². The first-order chi connectivity index (χ1) is 21.2. The van der Waals surface area contributed by atoms with Crippen molar-refractivity contribution in [1.29, 1.82) is 0 Å². The maximum atomic E-state index is 11.4. The molecule has 0 aliphatic rings. The Morgan fingerprint density at radius 1 is 0.457 bits per heavy atom. The van der Waals surface area contributed by atoms with Crippen molar-refractivity contribution in [2.45, 2.75) is 203 Å². The second-order valence-electron chi connectivity index (χ2n) is 17.7. The van der Waals surface area contributed by atoms with Crippen LogP contribution in [0.4, 0.5) is 0 Å². The summed E-state index contributed by atoms with van der Waals surface area (Å²) in [5, 5.41) is 22.7. The van der Waals surface area contributed by atoms with E-state index in [-0.39, 0.29) is 21.7 Å². The van der Waals surface area contributed by atoms with Crippen molar-refractivity contribution in [2.24, 2.45) is 0 Å². The fourth-order valence-corrected chi connectivity index (χ4v) is 8.84. The van der Waals surface area contributed by atoms with Crippen molar-refractivity contribution in [3.05, 3.63) is 46.5 Å². The Hall–Kier alpha value is -1.26. The van der Waals surface area contributed by atoms with Gasteiger partial charge in [-0.15, -0.1) is 23.5 Å². The van der Waals surface area contributed by atoms with Gasteiger partial charge in [0.25, 0.3) is 0 Å². The molecule has 0 unspecified atom stereocenters. The summed E-state index contributed by atoms with van der Waals surface area (Å²) in [6.45, 7) is 28.6. The van der Waals surface area contributed by atoms with E-state index in [0.29, 0.717) is 16.1 Å². The molecule has 0 aromatic heterocycles. The molecule has 0 heterocycles. The van der Waals surface area contributed by atoms with Gasteiger partial charge < -0.3 is 10.2 Å². The van der Waals surface area contributed by atoms with Crippen LogP contribution in [-0.2, 0) is 21.7 Å². The number of aromatic hydroxyl groups is 2. The van der Waals surface area contributed by atoms with Crippen molar-refractivity contribution in [1.82, 2.24) is 0 Å². The van der Waals surface area contributed by atoms with E-state index in [4.69, 9.17) is 0 Å². The molecule has 0 spiro atoms. The van der Waals surface area contributed by atoms with Gasteiger partial charge in [0, 0.05) is 32.0 Å². The van der Waals surface area contributed by atoms with Crippen LogP contribution in [0.3, 0.4) is 0 Å². The summed E-state index contributed by atoms with van der Waals surface area (Å²) >= 11 is 3.91. The quantitative estimate of drug-likeness (QED) is 0.106. The number of unbranched alkanes of at least 4 members (excludes halogenated alkanes) is 10. The molecule has 46 heavy (non-hydrogen) atoms. The van der Waals surface area contributed by atoms with Crippen LogP contribution in [0, 0.1) is 0 Å². The van der Waals surface area contributed by atoms with Crippen LogP contribution in [0.1, 0.15) is 189 Å². The molecule has 0 fully saturated rings. The number of hydrogen-bond acceptors (Lipinski definition) is 4. The average molecular weight is 671 g/mol. The summed E-state index contributed by atoms with van der Waals surface area (Å²) in [5.74, 6) is 0.893. The highest BCUT2D eigenvalue weighted by molar-refractivity contribution is 8.17. The van der Waals surface area contributed by atoms with Crippen LogP contribution in [0.15, 0.2) is 34.1 Å². The highest BCUT2D eigenvalue weighted by Gasteiger charge is 2.29. The smallest absolute Gasteiger partial charge is 0.123 e. The molecule has 2 rings (SSSR count). The average Bonchev–Trinajstić information content (AvgIpc) is 2.90. The SMILES string of the molecule is CCCCCCCCCCCCCC(Sc1cc(C(C)(C)C)c(O)c(C(C)(C)C)c1)Sc1cc(C(C)(C)C)c(O)c(C(C)(C)C)c1. The van der Waals surface area contributed by atoms with Crippen molar-refractivity contribution in [2.75, 3.05) is 0 Å². The third kappa shape index (κ3) is 13.0. The molecule has 0 aliphatic heterocycles. The van der Waals surface area contributed by atoms with Crippen molar-refractivity contribution in [3.63, 3.8) is 0 Å². The van der Waals surface area contributed by atoms with E-state index in [0.717, 1.165) is 28.7 Å². The minimum atomic E-state index is -0.153. The second kappa shape index (κ2) is 17.4. The van der Waals surface area contributed by atoms with E-state index < -0.39 is 0 Å². The number of benzene rings is 2. The van der Waals surface area contributed by atoms with Crippen molar-refractivity contribution >= 4 is 23.5 Å².